The molecule has 2 N–H and O–H groups in total. The molecule has 2 aliphatic rings. The molecule has 4 atom stereocenters. The first kappa shape index (κ1) is 25.6. The summed E-state index contributed by atoms with van der Waals surface area (Å²) >= 11 is 0. The Morgan fingerprint density at radius 1 is 0.675 bits per heavy atom. The Labute approximate surface area is 238 Å². The molecule has 0 saturated carbocycles. The van der Waals surface area contributed by atoms with Crippen molar-refractivity contribution < 1.29 is 0 Å². The van der Waals surface area contributed by atoms with Crippen LogP contribution in [0.5, 0.6) is 0 Å². The Kier molecular flexibility index (Phi) is 6.96. The van der Waals surface area contributed by atoms with E-state index < -0.39 is 0 Å². The van der Waals surface area contributed by atoms with Crippen molar-refractivity contribution in [1.29, 1.82) is 0 Å². The molecule has 0 radical (unpaired) electrons. The average molecular weight is 564 g/mol. The number of H-pyrrole nitrogens is 2. The largest absolute Gasteiger partial charge is 0.341 e. The third kappa shape index (κ3) is 5.09. The van der Waals surface area contributed by atoms with Crippen LogP contribution in [-0.2, 0) is 0 Å². The van der Waals surface area contributed by atoms with E-state index in [1.807, 2.05) is 24.7 Å². The summed E-state index contributed by atoms with van der Waals surface area (Å²) in [6.07, 6.45) is 10.4. The number of pyridine rings is 1. The minimum absolute atomic E-state index is 0.339. The fourth-order valence-corrected chi connectivity index (χ4v) is 6.64. The fourth-order valence-electron chi connectivity index (χ4n) is 5.69. The van der Waals surface area contributed by atoms with Crippen LogP contribution in [0.4, 0.5) is 0 Å². The zero-order chi connectivity index (χ0) is 27.1. The summed E-state index contributed by atoms with van der Waals surface area (Å²) in [6.45, 7) is 2.18. The van der Waals surface area contributed by atoms with Crippen LogP contribution in [0, 0.1) is 11.8 Å². The number of rotatable bonds is 4. The first-order valence-electron chi connectivity index (χ1n) is 13.8. The minimum atomic E-state index is 0.339. The SMILES string of the molecule is PN1CCCC1c1ncc(-c2cnc3cc(C#Cc4ccc(-c5cnc([C@@H]6CCCN6P)[nH]5)cc4)ccc3c2)[nH]1. The van der Waals surface area contributed by atoms with Crippen molar-refractivity contribution in [2.75, 3.05) is 13.1 Å². The predicted molar refractivity (Wildman–Crippen MR) is 166 cm³/mol. The van der Waals surface area contributed by atoms with E-state index in [4.69, 9.17) is 4.98 Å². The van der Waals surface area contributed by atoms with Gasteiger partial charge in [-0.05, 0) is 61.6 Å². The number of aromatic amines is 2. The molecular weight excluding hydrogens is 532 g/mol. The molecule has 200 valence electrons. The molecule has 2 saturated heterocycles. The summed E-state index contributed by atoms with van der Waals surface area (Å²) in [4.78, 5) is 21.0. The molecular formula is C31H31N7P2. The lowest BCUT2D eigenvalue weighted by molar-refractivity contribution is 0.434. The van der Waals surface area contributed by atoms with Crippen LogP contribution in [-0.4, -0.2) is 47.4 Å². The van der Waals surface area contributed by atoms with Crippen LogP contribution in [0.1, 0.15) is 60.5 Å². The van der Waals surface area contributed by atoms with Crippen LogP contribution in [0.3, 0.4) is 0 Å². The third-order valence-electron chi connectivity index (χ3n) is 7.95. The van der Waals surface area contributed by atoms with Crippen molar-refractivity contribution in [2.24, 2.45) is 0 Å². The molecule has 5 aromatic rings. The molecule has 0 bridgehead atoms. The van der Waals surface area contributed by atoms with Gasteiger partial charge in [-0.1, -0.05) is 48.8 Å². The van der Waals surface area contributed by atoms with Gasteiger partial charge in [-0.3, -0.25) is 14.3 Å². The first-order valence-corrected chi connectivity index (χ1v) is 14.8. The molecule has 3 unspecified atom stereocenters. The van der Waals surface area contributed by atoms with E-state index in [2.05, 4.69) is 102 Å². The molecule has 40 heavy (non-hydrogen) atoms. The maximum Gasteiger partial charge on any atom is 0.124 e. The van der Waals surface area contributed by atoms with Gasteiger partial charge in [-0.2, -0.15) is 0 Å². The van der Waals surface area contributed by atoms with Crippen molar-refractivity contribution in [3.05, 3.63) is 89.9 Å². The minimum Gasteiger partial charge on any atom is -0.341 e. The highest BCUT2D eigenvalue weighted by Gasteiger charge is 2.26. The van der Waals surface area contributed by atoms with Gasteiger partial charge in [0, 0.05) is 41.4 Å². The van der Waals surface area contributed by atoms with E-state index in [1.54, 1.807) is 0 Å². The average Bonchev–Trinajstić information content (AvgIpc) is 3.79. The van der Waals surface area contributed by atoms with E-state index in [9.17, 15) is 0 Å². The standard InChI is InChI=1S/C31H31N7P2/c39-37-13-1-3-28(37)30-33-18-26(35-30)22-10-7-20(8-11-22)5-6-21-9-12-23-16-24(17-32-25(23)15-21)27-19-34-31(36-27)29-4-2-14-38(29)40/h7-12,15-19,28-29H,1-4,13-14,39-40H2,(H,33,35)(H,34,36)/t28-,29?/m0/s1. The number of imidazole rings is 2. The van der Waals surface area contributed by atoms with Crippen LogP contribution < -0.4 is 0 Å². The van der Waals surface area contributed by atoms with Crippen LogP contribution in [0.15, 0.2) is 67.1 Å². The van der Waals surface area contributed by atoms with E-state index >= 15 is 0 Å². The highest BCUT2D eigenvalue weighted by molar-refractivity contribution is 7.13. The summed E-state index contributed by atoms with van der Waals surface area (Å²) in [5.74, 6) is 8.66. The number of hydrogen-bond donors (Lipinski definition) is 2. The quantitative estimate of drug-likeness (QED) is 0.199. The van der Waals surface area contributed by atoms with Gasteiger partial charge in [0.2, 0.25) is 0 Å². The smallest absolute Gasteiger partial charge is 0.124 e. The number of hydrogen-bond acceptors (Lipinski definition) is 5. The maximum absolute atomic E-state index is 4.73. The highest BCUT2D eigenvalue weighted by atomic mass is 31.0. The summed E-state index contributed by atoms with van der Waals surface area (Å²) in [5.41, 5.74) is 7.03. The second kappa shape index (κ2) is 10.9. The normalized spacial score (nSPS) is 19.8. The van der Waals surface area contributed by atoms with Crippen molar-refractivity contribution in [3.8, 4) is 34.4 Å². The lowest BCUT2D eigenvalue weighted by Gasteiger charge is -2.16. The van der Waals surface area contributed by atoms with E-state index in [0.717, 1.165) is 82.1 Å². The summed E-state index contributed by atoms with van der Waals surface area (Å²) in [7, 11) is 5.64. The van der Waals surface area contributed by atoms with E-state index in [-0.39, 0.29) is 0 Å². The Hall–Kier alpha value is -3.39. The van der Waals surface area contributed by atoms with Gasteiger partial charge < -0.3 is 9.97 Å². The van der Waals surface area contributed by atoms with Gasteiger partial charge in [0.15, 0.2) is 0 Å². The lowest BCUT2D eigenvalue weighted by Crippen LogP contribution is -2.12. The number of benzene rings is 2. The van der Waals surface area contributed by atoms with Crippen molar-refractivity contribution in [1.82, 2.24) is 34.3 Å². The highest BCUT2D eigenvalue weighted by Crippen LogP contribution is 2.35. The second-order valence-electron chi connectivity index (χ2n) is 10.6. The molecule has 9 heteroatoms. The molecule has 7 nitrogen and oxygen atoms in total. The van der Waals surface area contributed by atoms with E-state index in [0.29, 0.717) is 12.1 Å². The van der Waals surface area contributed by atoms with Crippen molar-refractivity contribution in [3.63, 3.8) is 0 Å². The Balaban J connectivity index is 1.05. The zero-order valence-corrected chi connectivity index (χ0v) is 24.4. The number of fused-ring (bicyclic) bond motifs is 1. The zero-order valence-electron chi connectivity index (χ0n) is 22.1. The Morgan fingerprint density at radius 2 is 1.27 bits per heavy atom. The second-order valence-corrected chi connectivity index (χ2v) is 11.9. The van der Waals surface area contributed by atoms with Gasteiger partial charge in [0.25, 0.3) is 0 Å². The molecule has 7 rings (SSSR count). The topological polar surface area (TPSA) is 76.7 Å². The Morgan fingerprint density at radius 3 is 1.90 bits per heavy atom. The third-order valence-corrected chi connectivity index (χ3v) is 9.19. The molecule has 2 aromatic carbocycles. The number of aromatic nitrogens is 5. The van der Waals surface area contributed by atoms with E-state index in [1.165, 1.54) is 12.8 Å². The van der Waals surface area contributed by atoms with Crippen molar-refractivity contribution in [2.45, 2.75) is 37.8 Å². The molecule has 0 amide bonds. The summed E-state index contributed by atoms with van der Waals surface area (Å²) in [5, 5.41) is 1.08. The van der Waals surface area contributed by atoms with Crippen LogP contribution >= 0.6 is 18.8 Å². The molecule has 2 fully saturated rings. The van der Waals surface area contributed by atoms with Crippen LogP contribution in [0.25, 0.3) is 33.4 Å². The Bertz CT molecular complexity index is 1730. The predicted octanol–water partition coefficient (Wildman–Crippen LogP) is 6.27. The van der Waals surface area contributed by atoms with Crippen LogP contribution in [0.2, 0.25) is 0 Å². The molecule has 5 heterocycles. The number of nitrogens with one attached hydrogen (secondary N) is 2. The maximum atomic E-state index is 4.73. The lowest BCUT2D eigenvalue weighted by atomic mass is 10.1. The number of nitrogens with zero attached hydrogens (tertiary/aromatic N) is 5. The summed E-state index contributed by atoms with van der Waals surface area (Å²) in [6, 6.07) is 17.4. The van der Waals surface area contributed by atoms with Gasteiger partial charge in [-0.15, -0.1) is 0 Å². The summed E-state index contributed by atoms with van der Waals surface area (Å²) < 4.78 is 4.56. The molecule has 3 aromatic heterocycles. The molecule has 2 aliphatic heterocycles. The van der Waals surface area contributed by atoms with Crippen molar-refractivity contribution >= 4 is 29.7 Å². The van der Waals surface area contributed by atoms with Gasteiger partial charge in [0.1, 0.15) is 11.6 Å². The molecule has 0 spiro atoms. The first-order chi connectivity index (χ1) is 19.6. The molecule has 0 aliphatic carbocycles. The fraction of sp³-hybridized carbons (Fsp3) is 0.258. The monoisotopic (exact) mass is 563 g/mol. The van der Waals surface area contributed by atoms with Gasteiger partial charge >= 0.3 is 0 Å². The van der Waals surface area contributed by atoms with Gasteiger partial charge in [-0.25, -0.2) is 9.97 Å². The van der Waals surface area contributed by atoms with Gasteiger partial charge in [0.05, 0.1) is 41.4 Å².